The quantitative estimate of drug-likeness (QED) is 0.134. The summed E-state index contributed by atoms with van der Waals surface area (Å²) >= 11 is 0. The van der Waals surface area contributed by atoms with E-state index in [0.29, 0.717) is 22.4 Å². The predicted molar refractivity (Wildman–Crippen MR) is 200 cm³/mol. The van der Waals surface area contributed by atoms with Crippen molar-refractivity contribution in [3.63, 3.8) is 0 Å². The average molecular weight is 637 g/mol. The lowest BCUT2D eigenvalue weighted by Gasteiger charge is -2.29. The predicted octanol–water partition coefficient (Wildman–Crippen LogP) is 11.7. The zero-order chi connectivity index (χ0) is 34.2. The van der Waals surface area contributed by atoms with Crippen LogP contribution in [0.3, 0.4) is 0 Å². The highest BCUT2D eigenvalue weighted by Crippen LogP contribution is 2.47. The smallest absolute Gasteiger partial charge is 0.187 e. The lowest BCUT2D eigenvalue weighted by atomic mass is 9.91. The molecule has 0 amide bonds. The maximum absolute atomic E-state index is 9.49. The number of hydrogen-bond donors (Lipinski definition) is 0. The minimum Gasteiger partial charge on any atom is -0.310 e. The largest absolute Gasteiger partial charge is 0.310 e. The molecule has 0 atom stereocenters. The van der Waals surface area contributed by atoms with Crippen molar-refractivity contribution in [3.05, 3.63) is 174 Å². The lowest BCUT2D eigenvalue weighted by Crippen LogP contribution is -2.11. The molecule has 0 spiro atoms. The van der Waals surface area contributed by atoms with Crippen LogP contribution in [-0.2, 0) is 0 Å². The third-order valence-electron chi connectivity index (χ3n) is 9.10. The highest BCUT2D eigenvalue weighted by Gasteiger charge is 2.22. The van der Waals surface area contributed by atoms with Gasteiger partial charge in [-0.2, -0.15) is 15.8 Å². The van der Waals surface area contributed by atoms with Crippen molar-refractivity contribution >= 4 is 72.1 Å². The standard InChI is InChI=1S/C44H24N6/c1-48-34-12-20-38(21-13-34)50(37-18-6-31(28-47)7-19-37)42-25-11-33-8-22-39-41(24-10-32-9-23-40(42)44(33)43(32)39)49(35-14-2-29(26-45)3-15-35)36-16-4-30(27-46)5-17-36/h2-25H. The number of anilines is 6. The number of hydrogen-bond acceptors (Lipinski definition) is 5. The molecule has 0 N–H and O–H groups in total. The second kappa shape index (κ2) is 12.2. The first-order chi connectivity index (χ1) is 24.6. The highest BCUT2D eigenvalue weighted by molar-refractivity contribution is 6.28. The summed E-state index contributed by atoms with van der Waals surface area (Å²) in [4.78, 5) is 7.92. The van der Waals surface area contributed by atoms with E-state index < -0.39 is 0 Å². The molecule has 0 saturated carbocycles. The van der Waals surface area contributed by atoms with Gasteiger partial charge in [-0.15, -0.1) is 0 Å². The Balaban J connectivity index is 1.38. The van der Waals surface area contributed by atoms with E-state index in [2.05, 4.69) is 81.4 Å². The summed E-state index contributed by atoms with van der Waals surface area (Å²) in [6, 6.07) is 54.0. The lowest BCUT2D eigenvalue weighted by molar-refractivity contribution is 1.29. The summed E-state index contributed by atoms with van der Waals surface area (Å²) in [6.45, 7) is 7.47. The first-order valence-electron chi connectivity index (χ1n) is 15.9. The van der Waals surface area contributed by atoms with Crippen molar-refractivity contribution in [1.29, 1.82) is 15.8 Å². The van der Waals surface area contributed by atoms with Crippen molar-refractivity contribution in [2.45, 2.75) is 0 Å². The van der Waals surface area contributed by atoms with Crippen LogP contribution in [0, 0.1) is 40.6 Å². The summed E-state index contributed by atoms with van der Waals surface area (Å²) < 4.78 is 0. The molecule has 6 nitrogen and oxygen atoms in total. The Morgan fingerprint density at radius 2 is 0.720 bits per heavy atom. The van der Waals surface area contributed by atoms with E-state index in [9.17, 15) is 15.8 Å². The zero-order valence-electron chi connectivity index (χ0n) is 26.5. The minimum absolute atomic E-state index is 0.561. The summed E-state index contributed by atoms with van der Waals surface area (Å²) in [5.41, 5.74) is 7.78. The molecule has 0 unspecified atom stereocenters. The molecular weight excluding hydrogens is 613 g/mol. The molecule has 0 radical (unpaired) electrons. The van der Waals surface area contributed by atoms with Crippen molar-refractivity contribution in [2.24, 2.45) is 0 Å². The van der Waals surface area contributed by atoms with Gasteiger partial charge in [0.2, 0.25) is 0 Å². The van der Waals surface area contributed by atoms with Crippen molar-refractivity contribution in [1.82, 2.24) is 0 Å². The van der Waals surface area contributed by atoms with E-state index in [4.69, 9.17) is 6.57 Å². The number of benzene rings is 8. The first kappa shape index (κ1) is 29.7. The van der Waals surface area contributed by atoms with E-state index in [1.807, 2.05) is 97.1 Å². The van der Waals surface area contributed by atoms with Crippen molar-refractivity contribution < 1.29 is 0 Å². The van der Waals surface area contributed by atoms with Gasteiger partial charge in [-0.25, -0.2) is 4.85 Å². The molecule has 8 aromatic carbocycles. The van der Waals surface area contributed by atoms with Crippen LogP contribution in [0.1, 0.15) is 16.7 Å². The average Bonchev–Trinajstić information content (AvgIpc) is 3.19. The van der Waals surface area contributed by atoms with E-state index >= 15 is 0 Å². The topological polar surface area (TPSA) is 82.2 Å². The monoisotopic (exact) mass is 636 g/mol. The molecule has 0 fully saturated rings. The molecule has 0 saturated heterocycles. The van der Waals surface area contributed by atoms with Crippen LogP contribution in [0.5, 0.6) is 0 Å². The van der Waals surface area contributed by atoms with Gasteiger partial charge in [0, 0.05) is 33.5 Å². The summed E-state index contributed by atoms with van der Waals surface area (Å²) in [5, 5.41) is 35.0. The van der Waals surface area contributed by atoms with Crippen LogP contribution in [0.4, 0.5) is 39.8 Å². The fourth-order valence-corrected chi connectivity index (χ4v) is 6.75. The Bertz CT molecular complexity index is 2410. The van der Waals surface area contributed by atoms with E-state index in [1.54, 1.807) is 0 Å². The molecule has 0 aliphatic heterocycles. The fourth-order valence-electron chi connectivity index (χ4n) is 6.75. The molecule has 0 aliphatic carbocycles. The van der Waals surface area contributed by atoms with Crippen LogP contribution in [0.15, 0.2) is 146 Å². The van der Waals surface area contributed by atoms with Crippen molar-refractivity contribution in [2.75, 3.05) is 9.80 Å². The minimum atomic E-state index is 0.561. The van der Waals surface area contributed by atoms with Crippen LogP contribution in [0.2, 0.25) is 0 Å². The van der Waals surface area contributed by atoms with Gasteiger partial charge in [0.25, 0.3) is 0 Å². The third kappa shape index (κ3) is 4.95. The Kier molecular flexibility index (Phi) is 7.25. The van der Waals surface area contributed by atoms with Gasteiger partial charge in [-0.3, -0.25) is 0 Å². The van der Waals surface area contributed by atoms with E-state index in [-0.39, 0.29) is 0 Å². The van der Waals surface area contributed by atoms with Gasteiger partial charge >= 0.3 is 0 Å². The van der Waals surface area contributed by atoms with Gasteiger partial charge in [0.15, 0.2) is 5.69 Å². The maximum Gasteiger partial charge on any atom is 0.187 e. The number of nitrogens with zero attached hydrogens (tertiary/aromatic N) is 6. The van der Waals surface area contributed by atoms with Crippen LogP contribution >= 0.6 is 0 Å². The summed E-state index contributed by atoms with van der Waals surface area (Å²) in [6.07, 6.45) is 0. The number of rotatable bonds is 6. The van der Waals surface area contributed by atoms with Crippen LogP contribution in [0.25, 0.3) is 37.2 Å². The summed E-state index contributed by atoms with van der Waals surface area (Å²) in [7, 11) is 0. The normalized spacial score (nSPS) is 10.7. The molecule has 0 bridgehead atoms. The fraction of sp³-hybridized carbons (Fsp3) is 0. The Labute approximate surface area is 288 Å². The van der Waals surface area contributed by atoms with Gasteiger partial charge in [0.1, 0.15) is 0 Å². The van der Waals surface area contributed by atoms with Gasteiger partial charge in [0.05, 0.1) is 52.8 Å². The van der Waals surface area contributed by atoms with Gasteiger partial charge in [-0.05, 0) is 119 Å². The molecule has 230 valence electrons. The second-order valence-electron chi connectivity index (χ2n) is 11.9. The molecule has 8 rings (SSSR count). The molecule has 8 aromatic rings. The Morgan fingerprint density at radius 1 is 0.400 bits per heavy atom. The maximum atomic E-state index is 9.49. The van der Waals surface area contributed by atoms with E-state index in [1.165, 1.54) is 0 Å². The van der Waals surface area contributed by atoms with Crippen molar-refractivity contribution in [3.8, 4) is 18.2 Å². The zero-order valence-corrected chi connectivity index (χ0v) is 26.5. The molecule has 0 aromatic heterocycles. The molecular formula is C44H24N6. The van der Waals surface area contributed by atoms with Crippen LogP contribution in [-0.4, -0.2) is 0 Å². The molecule has 0 aliphatic rings. The van der Waals surface area contributed by atoms with E-state index in [0.717, 1.165) is 66.4 Å². The van der Waals surface area contributed by atoms with Crippen LogP contribution < -0.4 is 9.80 Å². The molecule has 0 heterocycles. The van der Waals surface area contributed by atoms with Gasteiger partial charge < -0.3 is 9.80 Å². The summed E-state index contributed by atoms with van der Waals surface area (Å²) in [5.74, 6) is 0. The molecule has 6 heteroatoms. The molecule has 50 heavy (non-hydrogen) atoms. The Morgan fingerprint density at radius 3 is 1.04 bits per heavy atom. The van der Waals surface area contributed by atoms with Gasteiger partial charge in [-0.1, -0.05) is 48.5 Å². The number of nitriles is 3. The highest BCUT2D eigenvalue weighted by atomic mass is 15.1. The SMILES string of the molecule is [C-]#[N+]c1ccc(N(c2ccc(C#N)cc2)c2ccc3ccc4c(N(c5ccc(C#N)cc5)c5ccc(C#N)cc5)ccc5ccc2c3c54)cc1. The second-order valence-corrected chi connectivity index (χ2v) is 11.9. The Hall–Kier alpha value is -7.64. The third-order valence-corrected chi connectivity index (χ3v) is 9.10. The first-order valence-corrected chi connectivity index (χ1v) is 15.9.